The van der Waals surface area contributed by atoms with E-state index in [1.165, 1.54) is 36.4 Å². The minimum absolute atomic E-state index is 0.0947. The summed E-state index contributed by atoms with van der Waals surface area (Å²) in [6.45, 7) is 1.57. The highest BCUT2D eigenvalue weighted by Crippen LogP contribution is 2.26. The van der Waals surface area contributed by atoms with Crippen LogP contribution in [0.1, 0.15) is 16.7 Å². The Morgan fingerprint density at radius 1 is 1.18 bits per heavy atom. The quantitative estimate of drug-likeness (QED) is 0.337. The zero-order chi connectivity index (χ0) is 20.5. The molecule has 2 aromatic rings. The smallest absolute Gasteiger partial charge is 0.406 e. The predicted octanol–water partition coefficient (Wildman–Crippen LogP) is 4.15. The zero-order valence-electron chi connectivity index (χ0n) is 14.2. The zero-order valence-corrected chi connectivity index (χ0v) is 14.2. The van der Waals surface area contributed by atoms with Crippen molar-refractivity contribution in [3.05, 3.63) is 75.0 Å². The molecule has 7 nitrogen and oxygen atoms in total. The maximum Gasteiger partial charge on any atom is 0.573 e. The van der Waals surface area contributed by atoms with Crippen LogP contribution < -0.4 is 4.74 Å². The number of nitro benzene ring substituents is 1. The van der Waals surface area contributed by atoms with Crippen molar-refractivity contribution in [1.82, 2.24) is 0 Å². The first-order valence-corrected chi connectivity index (χ1v) is 7.76. The predicted molar refractivity (Wildman–Crippen MR) is 91.6 cm³/mol. The highest BCUT2D eigenvalue weighted by molar-refractivity contribution is 6.13. The Kier molecular flexibility index (Phi) is 4.87. The van der Waals surface area contributed by atoms with Crippen molar-refractivity contribution in [3.8, 4) is 5.75 Å². The molecule has 0 radical (unpaired) electrons. The fourth-order valence-corrected chi connectivity index (χ4v) is 2.40. The van der Waals surface area contributed by atoms with Gasteiger partial charge in [-0.3, -0.25) is 10.1 Å². The fourth-order valence-electron chi connectivity index (χ4n) is 2.40. The maximum absolute atomic E-state index is 12.2. The Labute approximate surface area is 155 Å². The van der Waals surface area contributed by atoms with E-state index in [4.69, 9.17) is 4.74 Å². The SMILES string of the molecule is Cc1ccc(C2=N/C(=C\c3ccc(OC(F)(F)F)cc3)C(=O)O2)cc1[N+](=O)[O-]. The average Bonchev–Trinajstić information content (AvgIpc) is 2.96. The Morgan fingerprint density at radius 2 is 1.86 bits per heavy atom. The number of esters is 1. The Bertz CT molecular complexity index is 1010. The molecule has 1 aliphatic heterocycles. The van der Waals surface area contributed by atoms with Crippen LogP contribution in [0.5, 0.6) is 5.75 Å². The van der Waals surface area contributed by atoms with E-state index in [1.54, 1.807) is 6.92 Å². The van der Waals surface area contributed by atoms with Crippen LogP contribution in [0.25, 0.3) is 6.08 Å². The van der Waals surface area contributed by atoms with E-state index in [0.717, 1.165) is 12.1 Å². The lowest BCUT2D eigenvalue weighted by Crippen LogP contribution is -2.16. The van der Waals surface area contributed by atoms with Gasteiger partial charge in [-0.25, -0.2) is 9.79 Å². The van der Waals surface area contributed by atoms with E-state index >= 15 is 0 Å². The van der Waals surface area contributed by atoms with Gasteiger partial charge in [0.25, 0.3) is 5.69 Å². The Morgan fingerprint density at radius 3 is 2.46 bits per heavy atom. The summed E-state index contributed by atoms with van der Waals surface area (Å²) in [4.78, 5) is 26.5. The lowest BCUT2D eigenvalue weighted by Gasteiger charge is -2.08. The third kappa shape index (κ3) is 4.34. The second-order valence-electron chi connectivity index (χ2n) is 5.71. The molecule has 0 aromatic heterocycles. The summed E-state index contributed by atoms with van der Waals surface area (Å²) < 4.78 is 45.3. The van der Waals surface area contributed by atoms with Crippen LogP contribution in [0.15, 0.2) is 53.2 Å². The monoisotopic (exact) mass is 392 g/mol. The van der Waals surface area contributed by atoms with Gasteiger partial charge in [0.05, 0.1) is 4.92 Å². The lowest BCUT2D eigenvalue weighted by molar-refractivity contribution is -0.385. The summed E-state index contributed by atoms with van der Waals surface area (Å²) in [5.41, 5.74) is 0.844. The lowest BCUT2D eigenvalue weighted by atomic mass is 10.1. The van der Waals surface area contributed by atoms with Gasteiger partial charge in [-0.2, -0.15) is 0 Å². The molecule has 0 N–H and O–H groups in total. The van der Waals surface area contributed by atoms with Crippen molar-refractivity contribution in [2.75, 3.05) is 0 Å². The van der Waals surface area contributed by atoms with Crippen molar-refractivity contribution in [2.24, 2.45) is 4.99 Å². The number of alkyl halides is 3. The van der Waals surface area contributed by atoms with Gasteiger partial charge >= 0.3 is 12.3 Å². The van der Waals surface area contributed by atoms with Gasteiger partial charge in [-0.05, 0) is 36.8 Å². The van der Waals surface area contributed by atoms with Crippen LogP contribution in [-0.4, -0.2) is 23.2 Å². The molecule has 0 fully saturated rings. The molecule has 0 unspecified atom stereocenters. The van der Waals surface area contributed by atoms with E-state index in [2.05, 4.69) is 9.73 Å². The number of aryl methyl sites for hydroxylation is 1. The van der Waals surface area contributed by atoms with E-state index in [0.29, 0.717) is 11.1 Å². The number of benzene rings is 2. The van der Waals surface area contributed by atoms with Gasteiger partial charge in [-0.1, -0.05) is 18.2 Å². The summed E-state index contributed by atoms with van der Waals surface area (Å²) in [5.74, 6) is -1.29. The van der Waals surface area contributed by atoms with Crippen LogP contribution in [-0.2, 0) is 9.53 Å². The summed E-state index contributed by atoms with van der Waals surface area (Å²) in [5, 5.41) is 11.0. The number of nitro groups is 1. The number of ether oxygens (including phenoxy) is 2. The first-order chi connectivity index (χ1) is 13.1. The molecule has 2 aromatic carbocycles. The van der Waals surface area contributed by atoms with E-state index in [-0.39, 0.29) is 22.8 Å². The second kappa shape index (κ2) is 7.14. The van der Waals surface area contributed by atoms with Crippen molar-refractivity contribution in [1.29, 1.82) is 0 Å². The molecule has 0 saturated heterocycles. The third-order valence-electron chi connectivity index (χ3n) is 3.69. The van der Waals surface area contributed by atoms with E-state index < -0.39 is 23.0 Å². The summed E-state index contributed by atoms with van der Waals surface area (Å²) in [7, 11) is 0. The van der Waals surface area contributed by atoms with Crippen LogP contribution in [0.3, 0.4) is 0 Å². The molecule has 144 valence electrons. The standard InChI is InChI=1S/C18H11F3N2O5/c1-10-2-5-12(9-15(10)23(25)26)16-22-14(17(24)27-16)8-11-3-6-13(7-4-11)28-18(19,20)21/h2-9H,1H3/b14-8-. The summed E-state index contributed by atoms with van der Waals surface area (Å²) in [6.07, 6.45) is -3.49. The topological polar surface area (TPSA) is 91.0 Å². The molecule has 1 aliphatic rings. The number of carbonyl (C=O) groups excluding carboxylic acids is 1. The average molecular weight is 392 g/mol. The second-order valence-corrected chi connectivity index (χ2v) is 5.71. The van der Waals surface area contributed by atoms with Crippen LogP contribution in [0, 0.1) is 17.0 Å². The molecular weight excluding hydrogens is 381 g/mol. The van der Waals surface area contributed by atoms with Crippen molar-refractivity contribution >= 4 is 23.6 Å². The van der Waals surface area contributed by atoms with E-state index in [1.807, 2.05) is 0 Å². The molecular formula is C18H11F3N2O5. The van der Waals surface area contributed by atoms with Crippen LogP contribution >= 0.6 is 0 Å². The largest absolute Gasteiger partial charge is 0.573 e. The minimum atomic E-state index is -4.80. The van der Waals surface area contributed by atoms with Gasteiger partial charge in [0.1, 0.15) is 5.75 Å². The molecule has 0 aliphatic carbocycles. The third-order valence-corrected chi connectivity index (χ3v) is 3.69. The van der Waals surface area contributed by atoms with Crippen LogP contribution in [0.2, 0.25) is 0 Å². The molecule has 28 heavy (non-hydrogen) atoms. The van der Waals surface area contributed by atoms with Gasteiger partial charge < -0.3 is 9.47 Å². The molecule has 3 rings (SSSR count). The number of hydrogen-bond acceptors (Lipinski definition) is 6. The van der Waals surface area contributed by atoms with Gasteiger partial charge in [0.15, 0.2) is 5.70 Å². The maximum atomic E-state index is 12.2. The first kappa shape index (κ1) is 19.1. The highest BCUT2D eigenvalue weighted by atomic mass is 19.4. The number of aliphatic imine (C=N–C) groups is 1. The van der Waals surface area contributed by atoms with E-state index in [9.17, 15) is 28.1 Å². The molecule has 0 spiro atoms. The minimum Gasteiger partial charge on any atom is -0.406 e. The van der Waals surface area contributed by atoms with Gasteiger partial charge in [0.2, 0.25) is 5.90 Å². The normalized spacial score (nSPS) is 15.4. The van der Waals surface area contributed by atoms with Crippen molar-refractivity contribution in [3.63, 3.8) is 0 Å². The number of nitrogens with zero attached hydrogens (tertiary/aromatic N) is 2. The Balaban J connectivity index is 1.86. The van der Waals surface area contributed by atoms with Crippen molar-refractivity contribution < 1.29 is 32.4 Å². The first-order valence-electron chi connectivity index (χ1n) is 7.76. The number of rotatable bonds is 4. The number of hydrogen-bond donors (Lipinski definition) is 0. The molecule has 0 bridgehead atoms. The molecule has 0 amide bonds. The molecule has 0 atom stereocenters. The number of cyclic esters (lactones) is 1. The van der Waals surface area contributed by atoms with Gasteiger partial charge in [0, 0.05) is 17.2 Å². The molecule has 0 saturated carbocycles. The number of carbonyl (C=O) groups is 1. The summed E-state index contributed by atoms with van der Waals surface area (Å²) in [6, 6.07) is 9.08. The molecule has 10 heteroatoms. The highest BCUT2D eigenvalue weighted by Gasteiger charge is 2.31. The van der Waals surface area contributed by atoms with Crippen molar-refractivity contribution in [2.45, 2.75) is 13.3 Å². The molecule has 1 heterocycles. The van der Waals surface area contributed by atoms with Gasteiger partial charge in [-0.15, -0.1) is 13.2 Å². The fraction of sp³-hybridized carbons (Fsp3) is 0.111. The van der Waals surface area contributed by atoms with Crippen LogP contribution in [0.4, 0.5) is 18.9 Å². The Hall–Kier alpha value is -3.69. The number of halogens is 3. The summed E-state index contributed by atoms with van der Waals surface area (Å²) >= 11 is 0.